The van der Waals surface area contributed by atoms with Crippen LogP contribution in [0.25, 0.3) is 0 Å². The molecule has 0 aliphatic carbocycles. The molecule has 0 aliphatic rings. The van der Waals surface area contributed by atoms with Gasteiger partial charge in [-0.05, 0) is 19.1 Å². The lowest BCUT2D eigenvalue weighted by Gasteiger charge is -2.22. The van der Waals surface area contributed by atoms with Gasteiger partial charge >= 0.3 is 12.1 Å². The van der Waals surface area contributed by atoms with Gasteiger partial charge in [0.05, 0.1) is 25.1 Å². The third-order valence-corrected chi connectivity index (χ3v) is 5.38. The van der Waals surface area contributed by atoms with Crippen molar-refractivity contribution in [3.05, 3.63) is 79.9 Å². The van der Waals surface area contributed by atoms with E-state index in [0.29, 0.717) is 17.0 Å². The molecule has 0 saturated carbocycles. The molecule has 0 bridgehead atoms. The van der Waals surface area contributed by atoms with Crippen LogP contribution in [0, 0.1) is 34.8 Å². The monoisotopic (exact) mass is 557 g/mol. The van der Waals surface area contributed by atoms with Crippen LogP contribution >= 0.6 is 0 Å². The molecule has 0 spiro atoms. The largest absolute Gasteiger partial charge is 0.618 e. The molecule has 3 aromatic rings. The fraction of sp³-hybridized carbons (Fsp3) is 0.261. The highest BCUT2D eigenvalue weighted by atomic mass is 19.4. The van der Waals surface area contributed by atoms with E-state index in [-0.39, 0.29) is 27.3 Å². The predicted octanol–water partition coefficient (Wildman–Crippen LogP) is 4.37. The second-order valence-electron chi connectivity index (χ2n) is 7.82. The van der Waals surface area contributed by atoms with Crippen LogP contribution < -0.4 is 19.8 Å². The minimum absolute atomic E-state index is 0.145. The lowest BCUT2D eigenvalue weighted by atomic mass is 10.0. The molecule has 0 saturated heterocycles. The average molecular weight is 557 g/mol. The van der Waals surface area contributed by atoms with Crippen LogP contribution in [-0.2, 0) is 12.5 Å². The van der Waals surface area contributed by atoms with Crippen molar-refractivity contribution in [3.63, 3.8) is 0 Å². The molecule has 2 heterocycles. The van der Waals surface area contributed by atoms with Gasteiger partial charge in [0.1, 0.15) is 23.9 Å². The van der Waals surface area contributed by atoms with E-state index in [0.717, 1.165) is 32.4 Å². The fourth-order valence-corrected chi connectivity index (χ4v) is 3.30. The molecule has 0 amide bonds. The topological polar surface area (TPSA) is 128 Å². The van der Waals surface area contributed by atoms with E-state index in [1.165, 1.54) is 0 Å². The number of hydrogen-bond acceptors (Lipinski definition) is 7. The van der Waals surface area contributed by atoms with Crippen LogP contribution in [0.4, 0.5) is 30.7 Å². The van der Waals surface area contributed by atoms with Crippen molar-refractivity contribution in [1.29, 1.82) is 10.5 Å². The van der Waals surface area contributed by atoms with E-state index in [1.807, 2.05) is 0 Å². The highest BCUT2D eigenvalue weighted by molar-refractivity contribution is 5.51. The van der Waals surface area contributed by atoms with Crippen LogP contribution in [0.1, 0.15) is 40.1 Å². The summed E-state index contributed by atoms with van der Waals surface area (Å²) in [6.07, 6.45) is -8.33. The van der Waals surface area contributed by atoms with Gasteiger partial charge in [0.25, 0.3) is 12.0 Å². The zero-order chi connectivity index (χ0) is 29.3. The minimum atomic E-state index is -6.25. The summed E-state index contributed by atoms with van der Waals surface area (Å²) < 4.78 is 106. The van der Waals surface area contributed by atoms with Crippen LogP contribution in [0.2, 0.25) is 0 Å². The Bertz CT molecular complexity index is 1570. The second kappa shape index (κ2) is 10.5. The maximum Gasteiger partial charge on any atom is 0.459 e. The Labute approximate surface area is 214 Å². The zero-order valence-electron chi connectivity index (χ0n) is 19.7. The highest BCUT2D eigenvalue weighted by Gasteiger charge is 2.62. The predicted molar refractivity (Wildman–Crippen MR) is 115 cm³/mol. The van der Waals surface area contributed by atoms with Gasteiger partial charge in [0.2, 0.25) is 23.4 Å². The Kier molecular flexibility index (Phi) is 7.72. The molecule has 0 radical (unpaired) electrons. The molecule has 16 heteroatoms. The quantitative estimate of drug-likeness (QED) is 0.240. The number of methoxy groups -OCH3 is 1. The van der Waals surface area contributed by atoms with E-state index < -0.39 is 58.9 Å². The number of benzene rings is 1. The fourth-order valence-electron chi connectivity index (χ4n) is 3.30. The number of ether oxygens (including phenoxy) is 2. The van der Waals surface area contributed by atoms with Crippen LogP contribution in [-0.4, -0.2) is 22.8 Å². The highest BCUT2D eigenvalue weighted by Crippen LogP contribution is 2.46. The van der Waals surface area contributed by atoms with Crippen molar-refractivity contribution in [3.8, 4) is 29.4 Å². The summed E-state index contributed by atoms with van der Waals surface area (Å²) in [7, 11) is 1.16. The number of hydrogen-bond donors (Lipinski definition) is 0. The van der Waals surface area contributed by atoms with Crippen LogP contribution in [0.5, 0.6) is 17.2 Å². The van der Waals surface area contributed by atoms with Crippen molar-refractivity contribution in [2.45, 2.75) is 32.0 Å². The van der Waals surface area contributed by atoms with Crippen LogP contribution in [0.15, 0.2) is 35.5 Å². The van der Waals surface area contributed by atoms with Gasteiger partial charge in [-0.15, -0.1) is 0 Å². The van der Waals surface area contributed by atoms with Gasteiger partial charge in [-0.1, -0.05) is 0 Å². The molecule has 3 rings (SSSR count). The normalized spacial score (nSPS) is 11.7. The first kappa shape index (κ1) is 28.7. The number of aromatic nitrogens is 3. The van der Waals surface area contributed by atoms with E-state index in [2.05, 4.69) is 4.98 Å². The molecule has 204 valence electrons. The maximum absolute atomic E-state index is 14.4. The van der Waals surface area contributed by atoms with Gasteiger partial charge in [-0.25, -0.2) is 13.8 Å². The van der Waals surface area contributed by atoms with E-state index in [9.17, 15) is 51.3 Å². The summed E-state index contributed by atoms with van der Waals surface area (Å²) in [5.74, 6) is -8.35. The first-order valence-corrected chi connectivity index (χ1v) is 10.4. The van der Waals surface area contributed by atoms with Gasteiger partial charge in [0.15, 0.2) is 5.69 Å². The molecule has 1 aromatic carbocycles. The van der Waals surface area contributed by atoms with Crippen molar-refractivity contribution in [2.24, 2.45) is 0 Å². The third kappa shape index (κ3) is 5.40. The summed E-state index contributed by atoms with van der Waals surface area (Å²) in [5.41, 5.74) is -5.86. The number of rotatable bonds is 7. The molecule has 0 unspecified atom stereocenters. The summed E-state index contributed by atoms with van der Waals surface area (Å²) in [4.78, 5) is 16.2. The number of nitriles is 2. The summed E-state index contributed by atoms with van der Waals surface area (Å²) >= 11 is 0. The lowest BCUT2D eigenvalue weighted by molar-refractivity contribution is -0.614. The van der Waals surface area contributed by atoms with Gasteiger partial charge in [-0.2, -0.15) is 37.2 Å². The van der Waals surface area contributed by atoms with Crippen molar-refractivity contribution in [2.75, 3.05) is 7.11 Å². The van der Waals surface area contributed by atoms with E-state index >= 15 is 0 Å². The van der Waals surface area contributed by atoms with E-state index in [1.54, 1.807) is 12.1 Å². The summed E-state index contributed by atoms with van der Waals surface area (Å²) in [6.45, 7) is 0.336. The maximum atomic E-state index is 14.4. The van der Waals surface area contributed by atoms with Crippen molar-refractivity contribution in [1.82, 2.24) is 9.55 Å². The summed E-state index contributed by atoms with van der Waals surface area (Å²) in [6, 6.07) is 5.58. The number of pyridine rings is 1. The van der Waals surface area contributed by atoms with Gasteiger partial charge in [-0.3, -0.25) is 9.36 Å². The molecule has 0 aliphatic heterocycles. The van der Waals surface area contributed by atoms with Crippen LogP contribution in [0.3, 0.4) is 0 Å². The smallest absolute Gasteiger partial charge is 0.459 e. The first-order valence-electron chi connectivity index (χ1n) is 10.4. The Hall–Kier alpha value is -4.86. The SMILES string of the molecule is COc1c[n+]([O-])c(Cn2cnc(C(F)(F)C(F)(F)F)c(Oc3cc(C(F)F)cc(C#N)c3C)c2=O)cc1C#N. The van der Waals surface area contributed by atoms with Gasteiger partial charge in [0, 0.05) is 17.2 Å². The standard InChI is InChI=1S/C23H14F7N5O4/c1-11-13(6-31)3-12(20(24)25)5-16(11)39-18-19(22(26,27)23(28,29)30)33-10-34(21(18)36)8-15-4-14(7-32)17(38-2)9-35(15)37/h3-5,9-10,20H,8H2,1-2H3. The molecule has 9 nitrogen and oxygen atoms in total. The number of nitrogens with zero attached hydrogens (tertiary/aromatic N) is 5. The minimum Gasteiger partial charge on any atom is -0.618 e. The van der Waals surface area contributed by atoms with Crippen molar-refractivity contribution >= 4 is 0 Å². The molecular weight excluding hydrogens is 543 g/mol. The molecule has 0 atom stereocenters. The van der Waals surface area contributed by atoms with Gasteiger partial charge < -0.3 is 14.7 Å². The number of alkyl halides is 7. The average Bonchev–Trinajstić information content (AvgIpc) is 2.87. The molecular formula is C23H14F7N5O4. The Morgan fingerprint density at radius 1 is 1.10 bits per heavy atom. The Balaban J connectivity index is 2.26. The molecule has 0 N–H and O–H groups in total. The lowest BCUT2D eigenvalue weighted by Crippen LogP contribution is -2.39. The first-order chi connectivity index (χ1) is 18.2. The Morgan fingerprint density at radius 3 is 2.28 bits per heavy atom. The number of halogens is 7. The second-order valence-corrected chi connectivity index (χ2v) is 7.82. The molecule has 39 heavy (non-hydrogen) atoms. The van der Waals surface area contributed by atoms with Crippen molar-refractivity contribution < 1.29 is 44.9 Å². The Morgan fingerprint density at radius 2 is 1.74 bits per heavy atom. The van der Waals surface area contributed by atoms with E-state index in [4.69, 9.17) is 9.47 Å². The third-order valence-electron chi connectivity index (χ3n) is 5.38. The molecule has 2 aromatic heterocycles. The zero-order valence-corrected chi connectivity index (χ0v) is 19.7. The molecule has 0 fully saturated rings. The summed E-state index contributed by atoms with van der Waals surface area (Å²) in [5, 5.41) is 30.8.